The van der Waals surface area contributed by atoms with E-state index in [1.165, 1.54) is 6.42 Å². The molecule has 0 aliphatic carbocycles. The van der Waals surface area contributed by atoms with Crippen molar-refractivity contribution in [3.63, 3.8) is 0 Å². The Morgan fingerprint density at radius 3 is 2.68 bits per heavy atom. The van der Waals surface area contributed by atoms with E-state index in [4.69, 9.17) is 5.73 Å². The van der Waals surface area contributed by atoms with Crippen LogP contribution < -0.4 is 21.2 Å². The Balaban J connectivity index is 2.24. The molecule has 1 aliphatic heterocycles. The lowest BCUT2D eigenvalue weighted by atomic mass is 10.1. The second kappa shape index (κ2) is 6.72. The molecule has 0 bridgehead atoms. The number of anilines is 2. The fourth-order valence-corrected chi connectivity index (χ4v) is 2.44. The van der Waals surface area contributed by atoms with Crippen LogP contribution in [-0.4, -0.2) is 31.4 Å². The molecule has 1 fully saturated rings. The molecule has 19 heavy (non-hydrogen) atoms. The van der Waals surface area contributed by atoms with E-state index in [-0.39, 0.29) is 0 Å². The molecule has 0 amide bonds. The van der Waals surface area contributed by atoms with Crippen LogP contribution >= 0.6 is 0 Å². The smallest absolute Gasteiger partial charge is 0.187 e. The summed E-state index contributed by atoms with van der Waals surface area (Å²) in [6, 6.07) is 5.39. The van der Waals surface area contributed by atoms with Crippen LogP contribution in [0.3, 0.4) is 0 Å². The normalized spacial score (nSPS) is 17.3. The molecule has 1 saturated heterocycles. The largest absolute Gasteiger partial charge is 0.595 e. The van der Waals surface area contributed by atoms with Gasteiger partial charge < -0.3 is 21.2 Å². The molecule has 2 rings (SSSR count). The average Bonchev–Trinajstić information content (AvgIpc) is 2.45. The van der Waals surface area contributed by atoms with Gasteiger partial charge in [-0.3, -0.25) is 0 Å². The third-order valence-electron chi connectivity index (χ3n) is 3.40. The van der Waals surface area contributed by atoms with E-state index in [2.05, 4.69) is 10.2 Å². The van der Waals surface area contributed by atoms with Crippen molar-refractivity contribution in [3.05, 3.63) is 23.4 Å². The Hall–Kier alpha value is -1.34. The van der Waals surface area contributed by atoms with E-state index in [0.29, 0.717) is 18.8 Å². The highest BCUT2D eigenvalue weighted by Crippen LogP contribution is 2.29. The number of piperidine rings is 1. The number of rotatable bonds is 5. The molecule has 0 saturated carbocycles. The fraction of sp³-hybridized carbons (Fsp3) is 0.538. The lowest BCUT2D eigenvalue weighted by Gasteiger charge is -2.31. The van der Waals surface area contributed by atoms with Gasteiger partial charge in [0.1, 0.15) is 5.69 Å². The van der Waals surface area contributed by atoms with E-state index in [0.717, 1.165) is 37.3 Å². The van der Waals surface area contributed by atoms with Crippen molar-refractivity contribution in [2.75, 3.05) is 36.4 Å². The van der Waals surface area contributed by atoms with Crippen molar-refractivity contribution >= 4 is 17.1 Å². The quantitative estimate of drug-likeness (QED) is 0.581. The Kier molecular flexibility index (Phi) is 4.98. The van der Waals surface area contributed by atoms with Gasteiger partial charge in [0.25, 0.3) is 0 Å². The van der Waals surface area contributed by atoms with Crippen LogP contribution in [0.4, 0.5) is 17.1 Å². The first kappa shape index (κ1) is 14.1. The molecule has 6 nitrogen and oxygen atoms in total. The monoisotopic (exact) mass is 266 g/mol. The first-order chi connectivity index (χ1) is 9.22. The molecular formula is C13H22N4O2. The van der Waals surface area contributed by atoms with Gasteiger partial charge in [0.15, 0.2) is 5.69 Å². The summed E-state index contributed by atoms with van der Waals surface area (Å²) < 4.78 is 0. The predicted molar refractivity (Wildman–Crippen MR) is 75.8 cm³/mol. The maximum Gasteiger partial charge on any atom is 0.187 e. The standard InChI is InChI=1S/C13H22N4O2/c14-6-7-15-11-4-5-12(17(18)19)13(10-11)16-8-2-1-3-9-16/h4-5,10,15,17-18H,1-3,6-9,14H2. The van der Waals surface area contributed by atoms with Crippen LogP contribution in [0.5, 0.6) is 0 Å². The first-order valence-corrected chi connectivity index (χ1v) is 6.78. The summed E-state index contributed by atoms with van der Waals surface area (Å²) in [6.07, 6.45) is 3.48. The zero-order chi connectivity index (χ0) is 13.7. The molecule has 1 unspecified atom stereocenters. The summed E-state index contributed by atoms with van der Waals surface area (Å²) in [5.74, 6) is 0. The molecule has 1 heterocycles. The topological polar surface area (TPSA) is 89.0 Å². The van der Waals surface area contributed by atoms with Gasteiger partial charge in [0.05, 0.1) is 0 Å². The van der Waals surface area contributed by atoms with E-state index in [1.807, 2.05) is 6.07 Å². The number of nitrogens with zero attached hydrogens (tertiary/aromatic N) is 1. The maximum absolute atomic E-state index is 11.3. The molecule has 6 heteroatoms. The van der Waals surface area contributed by atoms with Crippen molar-refractivity contribution in [2.24, 2.45) is 5.73 Å². The number of quaternary nitrogens is 1. The zero-order valence-electron chi connectivity index (χ0n) is 11.1. The van der Waals surface area contributed by atoms with Crippen molar-refractivity contribution in [2.45, 2.75) is 19.3 Å². The molecule has 1 aliphatic rings. The summed E-state index contributed by atoms with van der Waals surface area (Å²) in [5, 5.41) is 22.9. The van der Waals surface area contributed by atoms with Crippen molar-refractivity contribution in [3.8, 4) is 0 Å². The summed E-state index contributed by atoms with van der Waals surface area (Å²) in [4.78, 5) is 2.17. The third kappa shape index (κ3) is 3.57. The molecule has 5 N–H and O–H groups in total. The number of nitrogens with one attached hydrogen (secondary N) is 2. The molecule has 1 aromatic carbocycles. The molecule has 0 radical (unpaired) electrons. The van der Waals surface area contributed by atoms with Gasteiger partial charge in [-0.2, -0.15) is 5.23 Å². The van der Waals surface area contributed by atoms with Gasteiger partial charge in [-0.25, -0.2) is 5.21 Å². The van der Waals surface area contributed by atoms with Gasteiger partial charge in [-0.1, -0.05) is 0 Å². The summed E-state index contributed by atoms with van der Waals surface area (Å²) >= 11 is 0. The van der Waals surface area contributed by atoms with Crippen LogP contribution in [-0.2, 0) is 0 Å². The van der Waals surface area contributed by atoms with Crippen LogP contribution in [0, 0.1) is 5.21 Å². The highest BCUT2D eigenvalue weighted by Gasteiger charge is 2.18. The summed E-state index contributed by atoms with van der Waals surface area (Å²) in [6.45, 7) is 3.10. The SMILES string of the molecule is NCCNc1ccc([NH+]([O-])O)c(N2CCCCC2)c1. The minimum absolute atomic E-state index is 0.375. The van der Waals surface area contributed by atoms with Crippen LogP contribution in [0.1, 0.15) is 19.3 Å². The molecule has 1 aromatic rings. The van der Waals surface area contributed by atoms with E-state index < -0.39 is 5.23 Å². The summed E-state index contributed by atoms with van der Waals surface area (Å²) in [5.41, 5.74) is 7.58. The van der Waals surface area contributed by atoms with Gasteiger partial charge in [0, 0.05) is 37.9 Å². The lowest BCUT2D eigenvalue weighted by Crippen LogP contribution is -2.99. The van der Waals surface area contributed by atoms with Gasteiger partial charge in [0.2, 0.25) is 0 Å². The highest BCUT2D eigenvalue weighted by atomic mass is 16.8. The summed E-state index contributed by atoms with van der Waals surface area (Å²) in [7, 11) is 0. The number of hydrogen-bond donors (Lipinski definition) is 4. The zero-order valence-corrected chi connectivity index (χ0v) is 11.1. The van der Waals surface area contributed by atoms with Gasteiger partial charge in [-0.15, -0.1) is 0 Å². The number of hydrogen-bond acceptors (Lipinski definition) is 5. The van der Waals surface area contributed by atoms with E-state index in [1.54, 1.807) is 12.1 Å². The molecular weight excluding hydrogens is 244 g/mol. The minimum Gasteiger partial charge on any atom is -0.595 e. The Labute approximate surface area is 113 Å². The maximum atomic E-state index is 11.3. The highest BCUT2D eigenvalue weighted by molar-refractivity contribution is 5.69. The molecule has 0 aromatic heterocycles. The Bertz CT molecular complexity index is 406. The number of nitrogens with two attached hydrogens (primary N) is 1. The second-order valence-corrected chi connectivity index (χ2v) is 4.80. The average molecular weight is 266 g/mol. The second-order valence-electron chi connectivity index (χ2n) is 4.80. The van der Waals surface area contributed by atoms with E-state index >= 15 is 0 Å². The predicted octanol–water partition coefficient (Wildman–Crippen LogP) is 0.451. The van der Waals surface area contributed by atoms with Crippen molar-refractivity contribution < 1.29 is 10.4 Å². The van der Waals surface area contributed by atoms with Gasteiger partial charge >= 0.3 is 0 Å². The lowest BCUT2D eigenvalue weighted by molar-refractivity contribution is -0.990. The van der Waals surface area contributed by atoms with Crippen molar-refractivity contribution in [1.82, 2.24) is 0 Å². The van der Waals surface area contributed by atoms with Crippen LogP contribution in [0.15, 0.2) is 18.2 Å². The first-order valence-electron chi connectivity index (χ1n) is 6.78. The van der Waals surface area contributed by atoms with Crippen molar-refractivity contribution in [1.29, 1.82) is 0 Å². The molecule has 106 valence electrons. The Morgan fingerprint density at radius 1 is 1.32 bits per heavy atom. The third-order valence-corrected chi connectivity index (χ3v) is 3.40. The Morgan fingerprint density at radius 2 is 2.05 bits per heavy atom. The van der Waals surface area contributed by atoms with Crippen LogP contribution in [0.2, 0.25) is 0 Å². The van der Waals surface area contributed by atoms with Gasteiger partial charge in [-0.05, 0) is 31.4 Å². The minimum atomic E-state index is -0.869. The fourth-order valence-electron chi connectivity index (χ4n) is 2.44. The molecule has 0 spiro atoms. The number of benzene rings is 1. The molecule has 1 atom stereocenters. The van der Waals surface area contributed by atoms with E-state index in [9.17, 15) is 10.4 Å². The van der Waals surface area contributed by atoms with Crippen LogP contribution in [0.25, 0.3) is 0 Å².